The lowest BCUT2D eigenvalue weighted by molar-refractivity contribution is -0.152. The van der Waals surface area contributed by atoms with E-state index < -0.39 is 23.8 Å². The Hall–Kier alpha value is -4.53. The van der Waals surface area contributed by atoms with E-state index in [1.165, 1.54) is 18.2 Å². The molecule has 9 nitrogen and oxygen atoms in total. The number of pyridine rings is 1. The van der Waals surface area contributed by atoms with Crippen LogP contribution in [0, 0.1) is 0 Å². The minimum absolute atomic E-state index is 0.000235. The van der Waals surface area contributed by atoms with Crippen LogP contribution in [0.2, 0.25) is 0 Å². The summed E-state index contributed by atoms with van der Waals surface area (Å²) in [4.78, 5) is 51.9. The first-order chi connectivity index (χ1) is 16.5. The van der Waals surface area contributed by atoms with Gasteiger partial charge in [0, 0.05) is 12.8 Å². The summed E-state index contributed by atoms with van der Waals surface area (Å²) in [6.45, 7) is 0.0956. The van der Waals surface area contributed by atoms with E-state index in [9.17, 15) is 19.2 Å². The topological polar surface area (TPSA) is 124 Å². The number of rotatable bonds is 8. The Kier molecular flexibility index (Phi) is 8.86. The van der Waals surface area contributed by atoms with Gasteiger partial charge >= 0.3 is 23.8 Å². The number of anilines is 2. The molecule has 0 aliphatic rings. The first kappa shape index (κ1) is 24.1. The zero-order chi connectivity index (χ0) is 24.2. The number of amides is 2. The SMILES string of the molecule is O=C(Nc1cccc(NC(=O)C(=O)OCCc2ccccc2)n1)C(=O)OCCc1ccccc1. The van der Waals surface area contributed by atoms with Gasteiger partial charge in [0.2, 0.25) is 0 Å². The summed E-state index contributed by atoms with van der Waals surface area (Å²) in [5.74, 6) is -4.14. The molecule has 2 aromatic carbocycles. The van der Waals surface area contributed by atoms with E-state index >= 15 is 0 Å². The fraction of sp³-hybridized carbons (Fsp3) is 0.160. The summed E-state index contributed by atoms with van der Waals surface area (Å²) in [6, 6.07) is 23.1. The molecule has 0 aliphatic carbocycles. The van der Waals surface area contributed by atoms with Crippen LogP contribution in [0.5, 0.6) is 0 Å². The van der Waals surface area contributed by atoms with E-state index in [4.69, 9.17) is 9.47 Å². The second-order valence-corrected chi connectivity index (χ2v) is 7.06. The molecule has 1 heterocycles. The zero-order valence-corrected chi connectivity index (χ0v) is 18.2. The molecule has 2 amide bonds. The first-order valence-corrected chi connectivity index (χ1v) is 10.5. The number of carbonyl (C=O) groups excluding carboxylic acids is 4. The summed E-state index contributed by atoms with van der Waals surface area (Å²) in [7, 11) is 0. The van der Waals surface area contributed by atoms with Crippen molar-refractivity contribution >= 4 is 35.4 Å². The molecule has 2 N–H and O–H groups in total. The number of esters is 2. The summed E-state index contributed by atoms with van der Waals surface area (Å²) in [5, 5.41) is 4.59. The average Bonchev–Trinajstić information content (AvgIpc) is 2.85. The Bertz CT molecular complexity index is 1050. The number of ether oxygens (including phenoxy) is 2. The molecule has 9 heteroatoms. The number of hydrogen-bond donors (Lipinski definition) is 2. The van der Waals surface area contributed by atoms with Gasteiger partial charge in [-0.2, -0.15) is 0 Å². The molecular weight excluding hydrogens is 438 g/mol. The van der Waals surface area contributed by atoms with Crippen LogP contribution < -0.4 is 10.6 Å². The van der Waals surface area contributed by atoms with Crippen LogP contribution in [0.4, 0.5) is 11.6 Å². The quantitative estimate of drug-likeness (QED) is 0.390. The van der Waals surface area contributed by atoms with Crippen LogP contribution in [0.3, 0.4) is 0 Å². The van der Waals surface area contributed by atoms with Crippen LogP contribution in [-0.4, -0.2) is 42.0 Å². The molecule has 174 valence electrons. The summed E-state index contributed by atoms with van der Waals surface area (Å²) in [6.07, 6.45) is 0.947. The Balaban J connectivity index is 1.43. The zero-order valence-electron chi connectivity index (χ0n) is 18.2. The number of carbonyl (C=O) groups is 4. The van der Waals surface area contributed by atoms with Gasteiger partial charge in [0.05, 0.1) is 13.2 Å². The molecule has 0 unspecified atom stereocenters. The monoisotopic (exact) mass is 461 g/mol. The Morgan fingerprint density at radius 1 is 0.588 bits per heavy atom. The Morgan fingerprint density at radius 2 is 1.00 bits per heavy atom. The molecule has 34 heavy (non-hydrogen) atoms. The highest BCUT2D eigenvalue weighted by Gasteiger charge is 2.18. The normalized spacial score (nSPS) is 10.1. The molecular formula is C25H23N3O6. The van der Waals surface area contributed by atoms with Gasteiger partial charge in [0.1, 0.15) is 11.6 Å². The summed E-state index contributed by atoms with van der Waals surface area (Å²) >= 11 is 0. The highest BCUT2D eigenvalue weighted by atomic mass is 16.5. The molecule has 1 aromatic heterocycles. The van der Waals surface area contributed by atoms with E-state index in [1.54, 1.807) is 0 Å². The number of hydrogen-bond acceptors (Lipinski definition) is 7. The predicted molar refractivity (Wildman–Crippen MR) is 124 cm³/mol. The van der Waals surface area contributed by atoms with Crippen molar-refractivity contribution in [3.05, 3.63) is 90.0 Å². The van der Waals surface area contributed by atoms with Crippen molar-refractivity contribution in [3.8, 4) is 0 Å². The highest BCUT2D eigenvalue weighted by molar-refractivity contribution is 6.37. The second kappa shape index (κ2) is 12.5. The van der Waals surface area contributed by atoms with E-state index in [-0.39, 0.29) is 24.8 Å². The third-order valence-corrected chi connectivity index (χ3v) is 4.54. The molecule has 0 aliphatic heterocycles. The minimum Gasteiger partial charge on any atom is -0.458 e. The minimum atomic E-state index is -1.06. The van der Waals surface area contributed by atoms with Crippen LogP contribution in [0.1, 0.15) is 11.1 Å². The van der Waals surface area contributed by atoms with Gasteiger partial charge in [0.15, 0.2) is 0 Å². The highest BCUT2D eigenvalue weighted by Crippen LogP contribution is 2.10. The number of aromatic nitrogens is 1. The molecule has 3 rings (SSSR count). The van der Waals surface area contributed by atoms with Crippen molar-refractivity contribution in [2.75, 3.05) is 23.8 Å². The van der Waals surface area contributed by atoms with Crippen LogP contribution in [0.15, 0.2) is 78.9 Å². The van der Waals surface area contributed by atoms with Gasteiger partial charge in [-0.3, -0.25) is 9.59 Å². The molecule has 0 saturated carbocycles. The fourth-order valence-corrected chi connectivity index (χ4v) is 2.85. The molecule has 3 aromatic rings. The maximum atomic E-state index is 12.0. The number of nitrogens with one attached hydrogen (secondary N) is 2. The molecule has 0 atom stereocenters. The standard InChI is InChI=1S/C25H23N3O6/c29-22(24(31)33-16-14-18-8-3-1-4-9-18)27-20-12-7-13-21(26-20)28-23(30)25(32)34-17-15-19-10-5-2-6-11-19/h1-13H,14-17H2,(H2,26,27,28,29,30). The van der Waals surface area contributed by atoms with Crippen molar-refractivity contribution in [3.63, 3.8) is 0 Å². The molecule has 0 radical (unpaired) electrons. The summed E-state index contributed by atoms with van der Waals surface area (Å²) < 4.78 is 9.93. The van der Waals surface area contributed by atoms with Crippen LogP contribution >= 0.6 is 0 Å². The summed E-state index contributed by atoms with van der Waals surface area (Å²) in [5.41, 5.74) is 1.94. The predicted octanol–water partition coefficient (Wildman–Crippen LogP) is 2.53. The van der Waals surface area contributed by atoms with E-state index in [0.29, 0.717) is 12.8 Å². The second-order valence-electron chi connectivity index (χ2n) is 7.06. The van der Waals surface area contributed by atoms with Gasteiger partial charge in [0.25, 0.3) is 0 Å². The maximum Gasteiger partial charge on any atom is 0.397 e. The van der Waals surface area contributed by atoms with Crippen molar-refractivity contribution in [2.45, 2.75) is 12.8 Å². The number of benzene rings is 2. The largest absolute Gasteiger partial charge is 0.458 e. The Morgan fingerprint density at radius 3 is 1.41 bits per heavy atom. The molecule has 0 fully saturated rings. The van der Waals surface area contributed by atoms with Gasteiger partial charge < -0.3 is 20.1 Å². The third kappa shape index (κ3) is 7.86. The third-order valence-electron chi connectivity index (χ3n) is 4.54. The lowest BCUT2D eigenvalue weighted by Crippen LogP contribution is -2.27. The molecule has 0 bridgehead atoms. The van der Waals surface area contributed by atoms with Crippen molar-refractivity contribution < 1.29 is 28.7 Å². The molecule has 0 spiro atoms. The van der Waals surface area contributed by atoms with E-state index in [1.807, 2.05) is 60.7 Å². The van der Waals surface area contributed by atoms with E-state index in [2.05, 4.69) is 15.6 Å². The lowest BCUT2D eigenvalue weighted by Gasteiger charge is -2.08. The first-order valence-electron chi connectivity index (χ1n) is 10.5. The van der Waals surface area contributed by atoms with E-state index in [0.717, 1.165) is 11.1 Å². The number of nitrogens with zero attached hydrogens (tertiary/aromatic N) is 1. The molecule has 0 saturated heterocycles. The van der Waals surface area contributed by atoms with Gasteiger partial charge in [-0.05, 0) is 23.3 Å². The fourth-order valence-electron chi connectivity index (χ4n) is 2.85. The average molecular weight is 461 g/mol. The lowest BCUT2D eigenvalue weighted by atomic mass is 10.2. The van der Waals surface area contributed by atoms with Crippen molar-refractivity contribution in [1.82, 2.24) is 4.98 Å². The van der Waals surface area contributed by atoms with Gasteiger partial charge in [-0.1, -0.05) is 66.7 Å². The van der Waals surface area contributed by atoms with Crippen LogP contribution in [-0.2, 0) is 41.5 Å². The van der Waals surface area contributed by atoms with Crippen molar-refractivity contribution in [2.24, 2.45) is 0 Å². The Labute approximate surface area is 196 Å². The van der Waals surface area contributed by atoms with Gasteiger partial charge in [-0.15, -0.1) is 0 Å². The van der Waals surface area contributed by atoms with Crippen molar-refractivity contribution in [1.29, 1.82) is 0 Å². The smallest absolute Gasteiger partial charge is 0.397 e. The van der Waals surface area contributed by atoms with Gasteiger partial charge in [-0.25, -0.2) is 14.6 Å². The van der Waals surface area contributed by atoms with Crippen LogP contribution in [0.25, 0.3) is 0 Å². The maximum absolute atomic E-state index is 12.0.